The average molecular weight is 484 g/mol. The van der Waals surface area contributed by atoms with Gasteiger partial charge in [0.2, 0.25) is 0 Å². The molecule has 0 aliphatic carbocycles. The van der Waals surface area contributed by atoms with Gasteiger partial charge < -0.3 is 15.7 Å². The molecule has 0 aliphatic rings. The molecule has 0 unspecified atom stereocenters. The Morgan fingerprint density at radius 2 is 1.83 bits per heavy atom. The van der Waals surface area contributed by atoms with Gasteiger partial charge in [-0.3, -0.25) is 14.6 Å². The molecule has 0 radical (unpaired) electrons. The quantitative estimate of drug-likeness (QED) is 0.289. The molecule has 3 N–H and O–H groups in total. The van der Waals surface area contributed by atoms with E-state index in [1.807, 2.05) is 36.4 Å². The first-order chi connectivity index (χ1) is 17.5. The summed E-state index contributed by atoms with van der Waals surface area (Å²) in [6.07, 6.45) is 3.97. The van der Waals surface area contributed by atoms with Crippen molar-refractivity contribution in [3.8, 4) is 11.3 Å². The van der Waals surface area contributed by atoms with E-state index in [1.54, 1.807) is 31.4 Å². The SMILES string of the molecule is CNC(=O)c1ccnc2c([C@H](C)CNc3cc(-c4ccc(C(=O)CCCO)cc4)ncn3)cccc12. The highest BCUT2D eigenvalue weighted by Crippen LogP contribution is 2.27. The highest BCUT2D eigenvalue weighted by molar-refractivity contribution is 6.06. The van der Waals surface area contributed by atoms with E-state index in [0.29, 0.717) is 36.3 Å². The normalized spacial score (nSPS) is 11.8. The number of hydrogen-bond donors (Lipinski definition) is 3. The van der Waals surface area contributed by atoms with E-state index < -0.39 is 0 Å². The predicted octanol–water partition coefficient (Wildman–Crippen LogP) is 4.22. The number of nitrogens with one attached hydrogen (secondary N) is 2. The number of anilines is 1. The molecule has 184 valence electrons. The fraction of sp³-hybridized carbons (Fsp3) is 0.250. The molecule has 0 fully saturated rings. The number of aliphatic hydroxyl groups is 1. The van der Waals surface area contributed by atoms with Crippen LogP contribution in [-0.4, -0.2) is 51.9 Å². The maximum absolute atomic E-state index is 12.3. The van der Waals surface area contributed by atoms with Gasteiger partial charge in [-0.05, 0) is 18.1 Å². The first-order valence-corrected chi connectivity index (χ1v) is 11.9. The van der Waals surface area contributed by atoms with Gasteiger partial charge in [-0.15, -0.1) is 0 Å². The summed E-state index contributed by atoms with van der Waals surface area (Å²) in [7, 11) is 1.62. The minimum Gasteiger partial charge on any atom is -0.396 e. The number of hydrogen-bond acceptors (Lipinski definition) is 7. The second kappa shape index (κ2) is 11.5. The maximum atomic E-state index is 12.3. The van der Waals surface area contributed by atoms with Crippen LogP contribution >= 0.6 is 0 Å². The van der Waals surface area contributed by atoms with E-state index in [0.717, 1.165) is 27.7 Å². The molecule has 2 heterocycles. The Labute approximate surface area is 209 Å². The molecule has 1 amide bonds. The molecule has 0 aliphatic heterocycles. The predicted molar refractivity (Wildman–Crippen MR) is 140 cm³/mol. The molecule has 8 nitrogen and oxygen atoms in total. The number of carbonyl (C=O) groups is 2. The molecule has 0 saturated carbocycles. The van der Waals surface area contributed by atoms with Crippen molar-refractivity contribution < 1.29 is 14.7 Å². The third-order valence-electron chi connectivity index (χ3n) is 6.13. The zero-order valence-electron chi connectivity index (χ0n) is 20.4. The van der Waals surface area contributed by atoms with Gasteiger partial charge in [-0.25, -0.2) is 9.97 Å². The van der Waals surface area contributed by atoms with Crippen molar-refractivity contribution in [2.75, 3.05) is 25.5 Å². The summed E-state index contributed by atoms with van der Waals surface area (Å²) >= 11 is 0. The molecule has 2 aromatic carbocycles. The Morgan fingerprint density at radius 3 is 2.58 bits per heavy atom. The zero-order valence-corrected chi connectivity index (χ0v) is 20.4. The van der Waals surface area contributed by atoms with Crippen molar-refractivity contribution in [1.29, 1.82) is 0 Å². The van der Waals surface area contributed by atoms with Gasteiger partial charge in [0, 0.05) is 61.3 Å². The molecule has 8 heteroatoms. The number of nitrogens with zero attached hydrogens (tertiary/aromatic N) is 3. The van der Waals surface area contributed by atoms with Crippen molar-refractivity contribution in [2.45, 2.75) is 25.7 Å². The number of amides is 1. The van der Waals surface area contributed by atoms with Gasteiger partial charge in [-0.2, -0.15) is 0 Å². The van der Waals surface area contributed by atoms with Crippen LogP contribution in [0.5, 0.6) is 0 Å². The lowest BCUT2D eigenvalue weighted by atomic mass is 9.96. The molecule has 4 aromatic rings. The number of rotatable bonds is 10. The maximum Gasteiger partial charge on any atom is 0.251 e. The fourth-order valence-corrected chi connectivity index (χ4v) is 4.12. The molecule has 1 atom stereocenters. The minimum atomic E-state index is -0.138. The highest BCUT2D eigenvalue weighted by atomic mass is 16.3. The Morgan fingerprint density at radius 1 is 1.03 bits per heavy atom. The Bertz CT molecular complexity index is 1370. The van der Waals surface area contributed by atoms with Crippen molar-refractivity contribution in [1.82, 2.24) is 20.3 Å². The number of aliphatic hydroxyl groups excluding tert-OH is 1. The smallest absolute Gasteiger partial charge is 0.251 e. The van der Waals surface area contributed by atoms with E-state index in [-0.39, 0.29) is 24.2 Å². The Balaban J connectivity index is 1.48. The Hall–Kier alpha value is -4.17. The van der Waals surface area contributed by atoms with Gasteiger partial charge in [0.1, 0.15) is 12.1 Å². The second-order valence-corrected chi connectivity index (χ2v) is 8.58. The van der Waals surface area contributed by atoms with Crippen LogP contribution in [0, 0.1) is 0 Å². The lowest BCUT2D eigenvalue weighted by Gasteiger charge is -2.16. The molecule has 4 rings (SSSR count). The summed E-state index contributed by atoms with van der Waals surface area (Å²) in [5.74, 6) is 0.666. The first kappa shape index (κ1) is 24.9. The van der Waals surface area contributed by atoms with E-state index in [9.17, 15) is 9.59 Å². The zero-order chi connectivity index (χ0) is 25.5. The van der Waals surface area contributed by atoms with E-state index >= 15 is 0 Å². The van der Waals surface area contributed by atoms with Crippen LogP contribution in [0.1, 0.15) is 52.0 Å². The number of pyridine rings is 1. The molecule has 0 saturated heterocycles. The van der Waals surface area contributed by atoms with Gasteiger partial charge >= 0.3 is 0 Å². The van der Waals surface area contributed by atoms with Crippen LogP contribution in [0.4, 0.5) is 5.82 Å². The second-order valence-electron chi connectivity index (χ2n) is 8.58. The van der Waals surface area contributed by atoms with Crippen LogP contribution < -0.4 is 10.6 Å². The number of aromatic nitrogens is 3. The van der Waals surface area contributed by atoms with Crippen molar-refractivity contribution in [3.63, 3.8) is 0 Å². The molecule has 36 heavy (non-hydrogen) atoms. The third kappa shape index (κ3) is 5.55. The standard InChI is InChI=1S/C28H29N5O3/c1-18(21-5-3-6-22-23(28(36)29-2)12-13-30-27(21)22)16-31-26-15-24(32-17-33-26)19-8-10-20(11-9-19)25(35)7-4-14-34/h3,5-6,8-13,15,17-18,34H,4,7,14,16H2,1-2H3,(H,29,36)(H,31,32,33)/t18-/m1/s1. The van der Waals surface area contributed by atoms with Crippen molar-refractivity contribution in [2.24, 2.45) is 0 Å². The van der Waals surface area contributed by atoms with Crippen LogP contribution in [0.15, 0.2) is 67.1 Å². The molecule has 0 bridgehead atoms. The van der Waals surface area contributed by atoms with Gasteiger partial charge in [0.05, 0.1) is 16.8 Å². The van der Waals surface area contributed by atoms with Crippen molar-refractivity contribution >= 4 is 28.4 Å². The summed E-state index contributed by atoms with van der Waals surface area (Å²) in [4.78, 5) is 37.7. The fourth-order valence-electron chi connectivity index (χ4n) is 4.12. The number of benzene rings is 2. The summed E-state index contributed by atoms with van der Waals surface area (Å²) < 4.78 is 0. The molecular formula is C28H29N5O3. The number of carbonyl (C=O) groups excluding carboxylic acids is 2. The van der Waals surface area contributed by atoms with E-state index in [2.05, 4.69) is 32.5 Å². The topological polar surface area (TPSA) is 117 Å². The van der Waals surface area contributed by atoms with Crippen LogP contribution in [0.25, 0.3) is 22.2 Å². The van der Waals surface area contributed by atoms with Crippen LogP contribution in [0.3, 0.4) is 0 Å². The van der Waals surface area contributed by atoms with Crippen LogP contribution in [0.2, 0.25) is 0 Å². The molecular weight excluding hydrogens is 454 g/mol. The highest BCUT2D eigenvalue weighted by Gasteiger charge is 2.15. The van der Waals surface area contributed by atoms with E-state index in [4.69, 9.17) is 5.11 Å². The molecule has 2 aromatic heterocycles. The summed E-state index contributed by atoms with van der Waals surface area (Å²) in [5.41, 5.74) is 4.71. The summed E-state index contributed by atoms with van der Waals surface area (Å²) in [6, 6.07) is 16.8. The number of ketones is 1. The van der Waals surface area contributed by atoms with Gasteiger partial charge in [0.25, 0.3) is 5.91 Å². The number of fused-ring (bicyclic) bond motifs is 1. The van der Waals surface area contributed by atoms with Gasteiger partial charge in [0.15, 0.2) is 5.78 Å². The third-order valence-corrected chi connectivity index (χ3v) is 6.13. The van der Waals surface area contributed by atoms with Gasteiger partial charge in [-0.1, -0.05) is 49.4 Å². The largest absolute Gasteiger partial charge is 0.396 e. The number of Topliss-reactive ketones (excluding diaryl/α,β-unsaturated/α-hetero) is 1. The first-order valence-electron chi connectivity index (χ1n) is 11.9. The lowest BCUT2D eigenvalue weighted by molar-refractivity contribution is 0.0959. The Kier molecular flexibility index (Phi) is 7.97. The summed E-state index contributed by atoms with van der Waals surface area (Å²) in [6.45, 7) is 2.72. The average Bonchev–Trinajstić information content (AvgIpc) is 2.93. The van der Waals surface area contributed by atoms with Crippen molar-refractivity contribution in [3.05, 3.63) is 83.8 Å². The monoisotopic (exact) mass is 483 g/mol. The number of para-hydroxylation sites is 1. The van der Waals surface area contributed by atoms with E-state index in [1.165, 1.54) is 6.33 Å². The summed E-state index contributed by atoms with van der Waals surface area (Å²) in [5, 5.41) is 15.8. The lowest BCUT2D eigenvalue weighted by Crippen LogP contribution is -2.18. The van der Waals surface area contributed by atoms with Crippen LogP contribution in [-0.2, 0) is 0 Å². The molecule has 0 spiro atoms. The minimum absolute atomic E-state index is 0.00715.